The minimum absolute atomic E-state index is 0.142. The number of aryl methyl sites for hydroxylation is 2. The number of thiophene rings is 1. The molecule has 2 aliphatic rings. The van der Waals surface area contributed by atoms with E-state index in [9.17, 15) is 9.18 Å². The van der Waals surface area contributed by atoms with E-state index in [-0.39, 0.29) is 11.7 Å². The quantitative estimate of drug-likeness (QED) is 0.287. The minimum Gasteiger partial charge on any atom is -0.338 e. The summed E-state index contributed by atoms with van der Waals surface area (Å²) in [6.45, 7) is 5.88. The lowest BCUT2D eigenvalue weighted by molar-refractivity contribution is 0.0785. The first kappa shape index (κ1) is 26.2. The van der Waals surface area contributed by atoms with E-state index >= 15 is 0 Å². The molecule has 37 heavy (non-hydrogen) atoms. The molecule has 1 aliphatic heterocycles. The molecule has 4 heteroatoms. The molecule has 4 unspecified atom stereocenters. The van der Waals surface area contributed by atoms with Gasteiger partial charge in [0.1, 0.15) is 5.82 Å². The molecule has 0 radical (unpaired) electrons. The molecular formula is C33H40FNOS. The van der Waals surface area contributed by atoms with Gasteiger partial charge in [0.05, 0.1) is 0 Å². The van der Waals surface area contributed by atoms with Crippen molar-refractivity contribution in [3.05, 3.63) is 92.9 Å². The van der Waals surface area contributed by atoms with Crippen LogP contribution in [0.15, 0.2) is 59.3 Å². The number of benzene rings is 2. The highest BCUT2D eigenvalue weighted by atomic mass is 32.1. The van der Waals surface area contributed by atoms with Gasteiger partial charge >= 0.3 is 0 Å². The lowest BCUT2D eigenvalue weighted by Crippen LogP contribution is -2.29. The van der Waals surface area contributed by atoms with Crippen molar-refractivity contribution in [1.29, 1.82) is 0 Å². The number of likely N-dealkylation sites (tertiary alicyclic amines) is 1. The smallest absolute Gasteiger partial charge is 0.253 e. The SMILES string of the molecule is Cc1ccc(C(=O)N2CC(CCCC3CCCC(c4ccc(F)cc4)CC3)C(c3ccsc3)C2)cc1C. The Morgan fingerprint density at radius 3 is 2.51 bits per heavy atom. The molecule has 2 nitrogen and oxygen atoms in total. The highest BCUT2D eigenvalue weighted by Gasteiger charge is 2.36. The minimum atomic E-state index is -0.142. The van der Waals surface area contributed by atoms with Crippen molar-refractivity contribution in [2.45, 2.75) is 77.0 Å². The summed E-state index contributed by atoms with van der Waals surface area (Å²) >= 11 is 1.76. The molecule has 2 fully saturated rings. The summed E-state index contributed by atoms with van der Waals surface area (Å²) in [6.07, 6.45) is 10.0. The maximum atomic E-state index is 13.4. The number of halogens is 1. The number of hydrogen-bond acceptors (Lipinski definition) is 2. The molecule has 1 saturated carbocycles. The van der Waals surface area contributed by atoms with E-state index in [1.54, 1.807) is 23.5 Å². The first-order valence-electron chi connectivity index (χ1n) is 14.1. The van der Waals surface area contributed by atoms with Crippen LogP contribution >= 0.6 is 11.3 Å². The predicted octanol–water partition coefficient (Wildman–Crippen LogP) is 8.89. The molecule has 5 rings (SSSR count). The van der Waals surface area contributed by atoms with Crippen molar-refractivity contribution in [3.8, 4) is 0 Å². The van der Waals surface area contributed by atoms with Gasteiger partial charge in [-0.15, -0.1) is 0 Å². The Balaban J connectivity index is 1.17. The van der Waals surface area contributed by atoms with Crippen molar-refractivity contribution in [2.24, 2.45) is 11.8 Å². The Bertz CT molecular complexity index is 1170. The molecule has 196 valence electrons. The zero-order chi connectivity index (χ0) is 25.8. The van der Waals surface area contributed by atoms with E-state index in [0.717, 1.165) is 24.6 Å². The van der Waals surface area contributed by atoms with Gasteiger partial charge in [0.25, 0.3) is 5.91 Å². The van der Waals surface area contributed by atoms with Crippen LogP contribution < -0.4 is 0 Å². The molecule has 1 aromatic heterocycles. The van der Waals surface area contributed by atoms with Crippen LogP contribution in [0.5, 0.6) is 0 Å². The van der Waals surface area contributed by atoms with Crippen LogP contribution in [0.1, 0.15) is 95.8 Å². The van der Waals surface area contributed by atoms with Crippen molar-refractivity contribution in [3.63, 3.8) is 0 Å². The van der Waals surface area contributed by atoms with Gasteiger partial charge in [-0.3, -0.25) is 4.79 Å². The van der Waals surface area contributed by atoms with E-state index in [2.05, 4.69) is 47.7 Å². The molecule has 2 heterocycles. The maximum Gasteiger partial charge on any atom is 0.253 e. The fourth-order valence-corrected chi connectivity index (χ4v) is 7.38. The second-order valence-corrected chi connectivity index (χ2v) is 12.3. The van der Waals surface area contributed by atoms with Crippen LogP contribution in [0.2, 0.25) is 0 Å². The highest BCUT2D eigenvalue weighted by molar-refractivity contribution is 7.08. The number of carbonyl (C=O) groups is 1. The van der Waals surface area contributed by atoms with Gasteiger partial charge < -0.3 is 4.90 Å². The zero-order valence-electron chi connectivity index (χ0n) is 22.3. The first-order valence-corrected chi connectivity index (χ1v) is 15.1. The molecule has 4 atom stereocenters. The fourth-order valence-electron chi connectivity index (χ4n) is 6.65. The van der Waals surface area contributed by atoms with Gasteiger partial charge in [-0.2, -0.15) is 11.3 Å². The normalized spacial score (nSPS) is 24.2. The Kier molecular flexibility index (Phi) is 8.44. The second kappa shape index (κ2) is 11.9. The molecule has 1 saturated heterocycles. The number of hydrogen-bond donors (Lipinski definition) is 0. The third-order valence-corrected chi connectivity index (χ3v) is 9.77. The van der Waals surface area contributed by atoms with Crippen molar-refractivity contribution in [2.75, 3.05) is 13.1 Å². The first-order chi connectivity index (χ1) is 18.0. The molecule has 1 amide bonds. The summed E-state index contributed by atoms with van der Waals surface area (Å²) in [5, 5.41) is 4.45. The number of carbonyl (C=O) groups excluding carboxylic acids is 1. The van der Waals surface area contributed by atoms with Crippen LogP contribution in [0.4, 0.5) is 4.39 Å². The summed E-state index contributed by atoms with van der Waals surface area (Å²) < 4.78 is 13.3. The average Bonchev–Trinajstić information content (AvgIpc) is 3.52. The predicted molar refractivity (Wildman–Crippen MR) is 152 cm³/mol. The molecule has 0 bridgehead atoms. The number of amides is 1. The van der Waals surface area contributed by atoms with Crippen LogP contribution in [0.25, 0.3) is 0 Å². The van der Waals surface area contributed by atoms with Crippen molar-refractivity contribution < 1.29 is 9.18 Å². The number of nitrogens with zero attached hydrogens (tertiary/aromatic N) is 1. The van der Waals surface area contributed by atoms with Crippen LogP contribution in [-0.2, 0) is 0 Å². The third kappa shape index (κ3) is 6.34. The Labute approximate surface area is 225 Å². The van der Waals surface area contributed by atoms with Gasteiger partial charge in [0.2, 0.25) is 0 Å². The number of rotatable bonds is 7. The fraction of sp³-hybridized carbons (Fsp3) is 0.485. The maximum absolute atomic E-state index is 13.4. The van der Waals surface area contributed by atoms with E-state index in [0.29, 0.717) is 17.8 Å². The van der Waals surface area contributed by atoms with Gasteiger partial charge in [0, 0.05) is 24.6 Å². The van der Waals surface area contributed by atoms with Gasteiger partial charge in [-0.25, -0.2) is 4.39 Å². The monoisotopic (exact) mass is 517 g/mol. The van der Waals surface area contributed by atoms with Crippen molar-refractivity contribution >= 4 is 17.2 Å². The lowest BCUT2D eigenvalue weighted by Gasteiger charge is -2.19. The van der Waals surface area contributed by atoms with E-state index in [4.69, 9.17) is 0 Å². The van der Waals surface area contributed by atoms with Gasteiger partial charge in [0.15, 0.2) is 0 Å². The molecule has 0 N–H and O–H groups in total. The Hall–Kier alpha value is -2.46. The molecule has 2 aromatic carbocycles. The standard InChI is InChI=1S/C33H40FNOS/c1-23-9-11-28(19-24(23)2)33(36)35-20-29(32(21-35)30-17-18-37-22-30)8-4-6-25-5-3-7-26(12-10-25)27-13-15-31(34)16-14-27/h9,11,13-19,22,25-26,29,32H,3-8,10,12,20-21H2,1-2H3. The van der Waals surface area contributed by atoms with Gasteiger partial charge in [-0.1, -0.05) is 43.9 Å². The largest absolute Gasteiger partial charge is 0.338 e. The second-order valence-electron chi connectivity index (χ2n) is 11.5. The summed E-state index contributed by atoms with van der Waals surface area (Å²) in [4.78, 5) is 15.5. The summed E-state index contributed by atoms with van der Waals surface area (Å²) in [5.41, 5.74) is 5.94. The van der Waals surface area contributed by atoms with E-state index in [1.807, 2.05) is 18.2 Å². The third-order valence-electron chi connectivity index (χ3n) is 9.07. The Morgan fingerprint density at radius 2 is 1.76 bits per heavy atom. The average molecular weight is 518 g/mol. The lowest BCUT2D eigenvalue weighted by atomic mass is 9.85. The van der Waals surface area contributed by atoms with E-state index < -0.39 is 0 Å². The molecule has 1 aliphatic carbocycles. The summed E-state index contributed by atoms with van der Waals surface area (Å²) in [7, 11) is 0. The van der Waals surface area contributed by atoms with Crippen molar-refractivity contribution in [1.82, 2.24) is 4.90 Å². The van der Waals surface area contributed by atoms with Gasteiger partial charge in [-0.05, 0) is 121 Å². The summed E-state index contributed by atoms with van der Waals surface area (Å²) in [6, 6.07) is 15.5. The highest BCUT2D eigenvalue weighted by Crippen LogP contribution is 2.40. The van der Waals surface area contributed by atoms with E-state index in [1.165, 1.54) is 73.6 Å². The zero-order valence-corrected chi connectivity index (χ0v) is 23.1. The molecule has 0 spiro atoms. The molecule has 3 aromatic rings. The van der Waals surface area contributed by atoms with Crippen LogP contribution in [0.3, 0.4) is 0 Å². The molecular weight excluding hydrogens is 477 g/mol. The Morgan fingerprint density at radius 1 is 0.919 bits per heavy atom. The summed E-state index contributed by atoms with van der Waals surface area (Å²) in [5.74, 6) is 2.38. The van der Waals surface area contributed by atoms with Crippen LogP contribution in [-0.4, -0.2) is 23.9 Å². The van der Waals surface area contributed by atoms with Crippen LogP contribution in [0, 0.1) is 31.5 Å². The topological polar surface area (TPSA) is 20.3 Å².